The summed E-state index contributed by atoms with van der Waals surface area (Å²) in [5, 5.41) is 0. The van der Waals surface area contributed by atoms with Crippen molar-refractivity contribution in [2.45, 2.75) is 19.8 Å². The molecule has 1 aromatic carbocycles. The highest BCUT2D eigenvalue weighted by Crippen LogP contribution is 2.10. The maximum absolute atomic E-state index is 12.6. The second kappa shape index (κ2) is 8.42. The molecule has 0 aliphatic rings. The van der Waals surface area contributed by atoms with Gasteiger partial charge in [-0.25, -0.2) is 0 Å². The third-order valence-corrected chi connectivity index (χ3v) is 3.21. The molecular weight excluding hydrogens is 266 g/mol. The van der Waals surface area contributed by atoms with E-state index >= 15 is 0 Å². The van der Waals surface area contributed by atoms with Crippen molar-refractivity contribution in [2.75, 3.05) is 33.7 Å². The van der Waals surface area contributed by atoms with Crippen LogP contribution in [0.4, 0.5) is 0 Å². The van der Waals surface area contributed by atoms with Gasteiger partial charge in [-0.05, 0) is 37.1 Å². The Bertz CT molecular complexity index is 486. The van der Waals surface area contributed by atoms with Crippen LogP contribution >= 0.6 is 0 Å². The Kier molecular flexibility index (Phi) is 6.88. The molecule has 0 saturated carbocycles. The maximum Gasteiger partial charge on any atom is 0.254 e. The molecule has 0 aliphatic heterocycles. The number of amides is 2. The van der Waals surface area contributed by atoms with Crippen LogP contribution in [0, 0.1) is 0 Å². The molecule has 0 bridgehead atoms. The molecule has 1 aromatic rings. The van der Waals surface area contributed by atoms with Crippen molar-refractivity contribution in [3.63, 3.8) is 0 Å². The molecule has 0 radical (unpaired) electrons. The number of likely N-dealkylation sites (N-methyl/N-ethyl adjacent to an activating group) is 1. The van der Waals surface area contributed by atoms with Crippen LogP contribution in [0.25, 0.3) is 0 Å². The largest absolute Gasteiger partial charge is 0.347 e. The van der Waals surface area contributed by atoms with Gasteiger partial charge in [-0.15, -0.1) is 0 Å². The van der Waals surface area contributed by atoms with Crippen molar-refractivity contribution in [3.8, 4) is 0 Å². The zero-order valence-corrected chi connectivity index (χ0v) is 13.1. The zero-order valence-electron chi connectivity index (χ0n) is 13.1. The number of rotatable bonds is 7. The molecule has 0 atom stereocenters. The Morgan fingerprint density at radius 1 is 1.24 bits per heavy atom. The number of hydrogen-bond donors (Lipinski definition) is 1. The van der Waals surface area contributed by atoms with Crippen molar-refractivity contribution >= 4 is 11.8 Å². The number of benzene rings is 1. The Hall–Kier alpha value is -1.88. The fourth-order valence-corrected chi connectivity index (χ4v) is 2.04. The highest BCUT2D eigenvalue weighted by molar-refractivity contribution is 5.96. The molecular formula is C16H25N3O2. The fraction of sp³-hybridized carbons (Fsp3) is 0.500. The van der Waals surface area contributed by atoms with Gasteiger partial charge in [0.05, 0.1) is 0 Å². The average Bonchev–Trinajstić information content (AvgIpc) is 2.46. The van der Waals surface area contributed by atoms with Crippen molar-refractivity contribution in [1.82, 2.24) is 9.80 Å². The van der Waals surface area contributed by atoms with E-state index in [4.69, 9.17) is 5.73 Å². The number of nitrogens with two attached hydrogens (primary N) is 1. The number of carbonyl (C=O) groups excluding carboxylic acids is 2. The molecule has 5 nitrogen and oxygen atoms in total. The number of hydrogen-bond acceptors (Lipinski definition) is 3. The number of nitrogens with zero attached hydrogens (tertiary/aromatic N) is 2. The fourth-order valence-electron chi connectivity index (χ4n) is 2.04. The van der Waals surface area contributed by atoms with E-state index in [1.807, 2.05) is 25.1 Å². The van der Waals surface area contributed by atoms with E-state index in [1.165, 1.54) is 4.90 Å². The first-order chi connectivity index (χ1) is 9.99. The zero-order chi connectivity index (χ0) is 15.8. The second-order valence-electron chi connectivity index (χ2n) is 5.25. The molecule has 0 heterocycles. The molecule has 21 heavy (non-hydrogen) atoms. The van der Waals surface area contributed by atoms with Gasteiger partial charge < -0.3 is 15.5 Å². The summed E-state index contributed by atoms with van der Waals surface area (Å²) in [4.78, 5) is 27.5. The minimum atomic E-state index is -0.106. The van der Waals surface area contributed by atoms with Crippen LogP contribution in [0.3, 0.4) is 0 Å². The van der Waals surface area contributed by atoms with Crippen LogP contribution in [0.1, 0.15) is 29.3 Å². The topological polar surface area (TPSA) is 66.6 Å². The molecule has 116 valence electrons. The maximum atomic E-state index is 12.6. The molecule has 1 rings (SSSR count). The van der Waals surface area contributed by atoms with Crippen LogP contribution in [-0.2, 0) is 11.2 Å². The predicted molar refractivity (Wildman–Crippen MR) is 84.1 cm³/mol. The van der Waals surface area contributed by atoms with Gasteiger partial charge in [-0.2, -0.15) is 0 Å². The predicted octanol–water partition coefficient (Wildman–Crippen LogP) is 1.13. The summed E-state index contributed by atoms with van der Waals surface area (Å²) in [6.45, 7) is 3.22. The van der Waals surface area contributed by atoms with Gasteiger partial charge >= 0.3 is 0 Å². The molecule has 0 aromatic heterocycles. The van der Waals surface area contributed by atoms with Gasteiger partial charge in [0.2, 0.25) is 5.91 Å². The van der Waals surface area contributed by atoms with Crippen LogP contribution in [-0.4, -0.2) is 55.3 Å². The van der Waals surface area contributed by atoms with Crippen molar-refractivity contribution in [1.29, 1.82) is 0 Å². The summed E-state index contributed by atoms with van der Waals surface area (Å²) in [5.74, 6) is -0.180. The van der Waals surface area contributed by atoms with Gasteiger partial charge in [0.15, 0.2) is 0 Å². The third-order valence-electron chi connectivity index (χ3n) is 3.21. The molecule has 2 amide bonds. The third kappa shape index (κ3) is 5.19. The quantitative estimate of drug-likeness (QED) is 0.819. The molecule has 5 heteroatoms. The molecule has 0 unspecified atom stereocenters. The van der Waals surface area contributed by atoms with Crippen molar-refractivity contribution in [3.05, 3.63) is 35.4 Å². The summed E-state index contributed by atoms with van der Waals surface area (Å²) in [6, 6.07) is 7.46. The summed E-state index contributed by atoms with van der Waals surface area (Å²) in [5.41, 5.74) is 7.20. The van der Waals surface area contributed by atoms with Gasteiger partial charge in [-0.3, -0.25) is 9.59 Å². The molecule has 0 fully saturated rings. The van der Waals surface area contributed by atoms with E-state index in [-0.39, 0.29) is 18.4 Å². The van der Waals surface area contributed by atoms with E-state index in [0.717, 1.165) is 18.4 Å². The van der Waals surface area contributed by atoms with Crippen molar-refractivity contribution in [2.24, 2.45) is 5.73 Å². The molecule has 0 spiro atoms. The Labute approximate surface area is 126 Å². The first-order valence-electron chi connectivity index (χ1n) is 7.28. The molecule has 2 N–H and O–H groups in total. The Morgan fingerprint density at radius 3 is 2.52 bits per heavy atom. The molecule has 0 saturated heterocycles. The number of carbonyl (C=O) groups is 2. The highest BCUT2D eigenvalue weighted by atomic mass is 16.2. The lowest BCUT2D eigenvalue weighted by Crippen LogP contribution is -2.40. The summed E-state index contributed by atoms with van der Waals surface area (Å²) < 4.78 is 0. The van der Waals surface area contributed by atoms with E-state index in [9.17, 15) is 9.59 Å². The summed E-state index contributed by atoms with van der Waals surface area (Å²) in [7, 11) is 3.39. The van der Waals surface area contributed by atoms with Crippen LogP contribution in [0.5, 0.6) is 0 Å². The van der Waals surface area contributed by atoms with Gasteiger partial charge in [0, 0.05) is 26.2 Å². The van der Waals surface area contributed by atoms with Crippen molar-refractivity contribution < 1.29 is 9.59 Å². The van der Waals surface area contributed by atoms with Crippen LogP contribution < -0.4 is 5.73 Å². The first kappa shape index (κ1) is 17.2. The lowest BCUT2D eigenvalue weighted by atomic mass is 10.1. The van der Waals surface area contributed by atoms with E-state index in [0.29, 0.717) is 18.7 Å². The highest BCUT2D eigenvalue weighted by Gasteiger charge is 2.19. The minimum absolute atomic E-state index is 0.0742. The van der Waals surface area contributed by atoms with Gasteiger partial charge in [0.1, 0.15) is 6.54 Å². The smallest absolute Gasteiger partial charge is 0.254 e. The van der Waals surface area contributed by atoms with E-state index in [1.54, 1.807) is 25.1 Å². The second-order valence-corrected chi connectivity index (χ2v) is 5.25. The van der Waals surface area contributed by atoms with E-state index < -0.39 is 0 Å². The molecule has 0 aliphatic carbocycles. The Balaban J connectivity index is 2.89. The summed E-state index contributed by atoms with van der Waals surface area (Å²) in [6.07, 6.45) is 1.56. The van der Waals surface area contributed by atoms with Gasteiger partial charge in [0.25, 0.3) is 5.91 Å². The average molecular weight is 291 g/mol. The van der Waals surface area contributed by atoms with Crippen LogP contribution in [0.2, 0.25) is 0 Å². The summed E-state index contributed by atoms with van der Waals surface area (Å²) >= 11 is 0. The van der Waals surface area contributed by atoms with Crippen LogP contribution in [0.15, 0.2) is 24.3 Å². The van der Waals surface area contributed by atoms with Gasteiger partial charge in [-0.1, -0.05) is 19.1 Å². The normalized spacial score (nSPS) is 10.3. The lowest BCUT2D eigenvalue weighted by molar-refractivity contribution is -0.129. The minimum Gasteiger partial charge on any atom is -0.347 e. The first-order valence-corrected chi connectivity index (χ1v) is 7.28. The lowest BCUT2D eigenvalue weighted by Gasteiger charge is -2.23. The van der Waals surface area contributed by atoms with E-state index in [2.05, 4.69) is 0 Å². The monoisotopic (exact) mass is 291 g/mol. The Morgan fingerprint density at radius 2 is 1.95 bits per heavy atom. The standard InChI is InChI=1S/C16H25N3O2/c1-4-10-19(12-15(20)18(2)3)16(21)14-7-5-6-13(11-14)8-9-17/h5-7,11H,4,8-10,12,17H2,1-3H3. The SMILES string of the molecule is CCCN(CC(=O)N(C)C)C(=O)c1cccc(CCN)c1.